The molecule has 1 aliphatic heterocycles. The fraction of sp³-hybridized carbons (Fsp3) is 0.231. The lowest BCUT2D eigenvalue weighted by Gasteiger charge is -2.33. The third-order valence-corrected chi connectivity index (χ3v) is 6.59. The number of likely N-dealkylation sites (N-methyl/N-ethyl adjacent to an activating group) is 1. The number of aromatic amines is 1. The first-order valence-electron chi connectivity index (χ1n) is 11.5. The van der Waals surface area contributed by atoms with Crippen LogP contribution in [0.3, 0.4) is 0 Å². The van der Waals surface area contributed by atoms with E-state index in [0.717, 1.165) is 34.8 Å². The van der Waals surface area contributed by atoms with Crippen LogP contribution < -0.4 is 20.5 Å². The fourth-order valence-electron chi connectivity index (χ4n) is 4.58. The molecule has 35 heavy (non-hydrogen) atoms. The van der Waals surface area contributed by atoms with Crippen molar-refractivity contribution < 1.29 is 4.74 Å². The number of rotatable bonds is 4. The van der Waals surface area contributed by atoms with Crippen LogP contribution >= 0.6 is 0 Å². The number of para-hydroxylation sites is 2. The lowest BCUT2D eigenvalue weighted by atomic mass is 10.1. The van der Waals surface area contributed by atoms with Crippen LogP contribution in [0.5, 0.6) is 5.75 Å². The summed E-state index contributed by atoms with van der Waals surface area (Å²) < 4.78 is 7.80. The molecule has 0 bridgehead atoms. The predicted molar refractivity (Wildman–Crippen MR) is 137 cm³/mol. The quantitative estimate of drug-likeness (QED) is 0.417. The molecule has 4 heterocycles. The molecule has 5 aromatic rings. The van der Waals surface area contributed by atoms with Gasteiger partial charge in [0.15, 0.2) is 5.65 Å². The van der Waals surface area contributed by atoms with Gasteiger partial charge in [-0.05, 0) is 49.2 Å². The molecule has 3 aromatic heterocycles. The van der Waals surface area contributed by atoms with Crippen LogP contribution in [0.4, 0.5) is 11.6 Å². The zero-order valence-electron chi connectivity index (χ0n) is 19.7. The summed E-state index contributed by atoms with van der Waals surface area (Å²) in [7, 11) is 2.05. The van der Waals surface area contributed by atoms with Crippen molar-refractivity contribution >= 4 is 33.6 Å². The normalized spacial score (nSPS) is 15.3. The van der Waals surface area contributed by atoms with Crippen LogP contribution in [0.2, 0.25) is 0 Å². The molecule has 6 rings (SSSR count). The predicted octanol–water partition coefficient (Wildman–Crippen LogP) is 3.58. The van der Waals surface area contributed by atoms with Crippen molar-refractivity contribution in [2.24, 2.45) is 0 Å². The van der Waals surface area contributed by atoms with Gasteiger partial charge in [0.25, 0.3) is 5.56 Å². The molecular formula is C26H25N7O2. The molecule has 0 amide bonds. The van der Waals surface area contributed by atoms with E-state index in [9.17, 15) is 4.79 Å². The molecule has 0 saturated heterocycles. The van der Waals surface area contributed by atoms with E-state index < -0.39 is 0 Å². The fourth-order valence-corrected chi connectivity index (χ4v) is 4.58. The Bertz CT molecular complexity index is 1640. The lowest BCUT2D eigenvalue weighted by molar-refractivity contribution is 0.208. The molecule has 9 nitrogen and oxygen atoms in total. The van der Waals surface area contributed by atoms with Gasteiger partial charge in [0, 0.05) is 19.4 Å². The number of nitrogens with zero attached hydrogens (tertiary/aromatic N) is 5. The average molecular weight is 468 g/mol. The highest BCUT2D eigenvalue weighted by Crippen LogP contribution is 2.32. The molecule has 0 fully saturated rings. The summed E-state index contributed by atoms with van der Waals surface area (Å²) in [5, 5.41) is 11.6. The number of ether oxygens (including phenoxy) is 1. The number of H-pyrrole nitrogens is 1. The molecule has 9 heteroatoms. The smallest absolute Gasteiger partial charge is 0.267 e. The summed E-state index contributed by atoms with van der Waals surface area (Å²) in [4.78, 5) is 24.9. The third kappa shape index (κ3) is 3.56. The first-order valence-corrected chi connectivity index (χ1v) is 11.5. The topological polar surface area (TPSA) is 101 Å². The molecule has 2 N–H and O–H groups in total. The van der Waals surface area contributed by atoms with Crippen molar-refractivity contribution in [3.8, 4) is 11.4 Å². The van der Waals surface area contributed by atoms with Gasteiger partial charge >= 0.3 is 0 Å². The molecule has 0 unspecified atom stereocenters. The summed E-state index contributed by atoms with van der Waals surface area (Å²) in [6, 6.07) is 13.9. The number of hydrogen-bond acceptors (Lipinski definition) is 7. The summed E-state index contributed by atoms with van der Waals surface area (Å²) >= 11 is 0. The van der Waals surface area contributed by atoms with Crippen molar-refractivity contribution in [1.29, 1.82) is 0 Å². The largest absolute Gasteiger partial charge is 0.485 e. The maximum Gasteiger partial charge on any atom is 0.267 e. The molecule has 176 valence electrons. The highest BCUT2D eigenvalue weighted by atomic mass is 16.5. The summed E-state index contributed by atoms with van der Waals surface area (Å²) in [6.45, 7) is 5.33. The molecular weight excluding hydrogens is 442 g/mol. The van der Waals surface area contributed by atoms with Crippen LogP contribution in [0, 0.1) is 13.8 Å². The van der Waals surface area contributed by atoms with E-state index in [2.05, 4.69) is 32.4 Å². The first kappa shape index (κ1) is 21.2. The minimum atomic E-state index is -0.178. The Morgan fingerprint density at radius 1 is 1.14 bits per heavy atom. The Kier molecular flexibility index (Phi) is 4.91. The second kappa shape index (κ2) is 8.12. The van der Waals surface area contributed by atoms with Crippen molar-refractivity contribution in [2.45, 2.75) is 20.0 Å². The minimum Gasteiger partial charge on any atom is -0.485 e. The van der Waals surface area contributed by atoms with Gasteiger partial charge in [-0.3, -0.25) is 14.5 Å². The lowest BCUT2D eigenvalue weighted by Crippen LogP contribution is -2.41. The number of hydrogen-bond donors (Lipinski definition) is 2. The standard InChI is InChI=1S/C26H25N7O2/c1-15-8-9-17(10-16(15)2)33-24-19(23-20(25(33)34)13-29-31-23)12-28-26(30-24)27-11-18-14-32(3)21-6-4-5-7-22(21)35-18/h4-10,12-13,18H,11,14H2,1-3H3,(H,29,31)(H,27,28,30)/t18-/m0/s1. The van der Waals surface area contributed by atoms with Crippen LogP contribution in [-0.2, 0) is 0 Å². The first-order chi connectivity index (χ1) is 17.0. The summed E-state index contributed by atoms with van der Waals surface area (Å²) in [5.41, 5.74) is 4.97. The molecule has 0 spiro atoms. The maximum atomic E-state index is 13.5. The van der Waals surface area contributed by atoms with Gasteiger partial charge in [-0.2, -0.15) is 10.1 Å². The van der Waals surface area contributed by atoms with Crippen molar-refractivity contribution in [1.82, 2.24) is 24.7 Å². The number of pyridine rings is 1. The molecule has 1 aliphatic rings. The zero-order valence-corrected chi connectivity index (χ0v) is 19.7. The molecule has 2 aromatic carbocycles. The van der Waals surface area contributed by atoms with Gasteiger partial charge in [0.05, 0.1) is 35.2 Å². The average Bonchev–Trinajstić information content (AvgIpc) is 3.36. The number of nitrogens with one attached hydrogen (secondary N) is 2. The van der Waals surface area contributed by atoms with E-state index in [1.165, 1.54) is 0 Å². The molecule has 0 radical (unpaired) electrons. The molecule has 1 atom stereocenters. The van der Waals surface area contributed by atoms with Crippen LogP contribution in [0.1, 0.15) is 11.1 Å². The monoisotopic (exact) mass is 467 g/mol. The van der Waals surface area contributed by atoms with E-state index in [1.807, 2.05) is 56.3 Å². The van der Waals surface area contributed by atoms with Crippen molar-refractivity contribution in [3.63, 3.8) is 0 Å². The van der Waals surface area contributed by atoms with E-state index in [4.69, 9.17) is 9.72 Å². The van der Waals surface area contributed by atoms with Gasteiger partial charge in [0.1, 0.15) is 17.4 Å². The van der Waals surface area contributed by atoms with Crippen LogP contribution in [-0.4, -0.2) is 51.0 Å². The SMILES string of the molecule is Cc1ccc(-n2c(=O)c3c[nH]nc3c3cnc(NC[C@H]4CN(C)c5ccccc5O4)nc32)cc1C. The Morgan fingerprint density at radius 3 is 2.86 bits per heavy atom. The number of benzene rings is 2. The highest BCUT2D eigenvalue weighted by molar-refractivity contribution is 6.02. The van der Waals surface area contributed by atoms with Gasteiger partial charge in [-0.1, -0.05) is 18.2 Å². The number of aromatic nitrogens is 5. The van der Waals surface area contributed by atoms with E-state index in [0.29, 0.717) is 34.4 Å². The minimum absolute atomic E-state index is 0.0787. The molecule has 0 saturated carbocycles. The van der Waals surface area contributed by atoms with Gasteiger partial charge < -0.3 is 15.0 Å². The number of fused-ring (bicyclic) bond motifs is 4. The Balaban J connectivity index is 1.39. The van der Waals surface area contributed by atoms with Crippen molar-refractivity contribution in [3.05, 3.63) is 76.3 Å². The van der Waals surface area contributed by atoms with Gasteiger partial charge in [-0.25, -0.2) is 4.98 Å². The van der Waals surface area contributed by atoms with E-state index in [1.54, 1.807) is 17.0 Å². The number of aryl methyl sites for hydroxylation is 2. The highest BCUT2D eigenvalue weighted by Gasteiger charge is 2.23. The summed E-state index contributed by atoms with van der Waals surface area (Å²) in [5.74, 6) is 1.28. The van der Waals surface area contributed by atoms with Crippen LogP contribution in [0.25, 0.3) is 27.6 Å². The van der Waals surface area contributed by atoms with Gasteiger partial charge in [-0.15, -0.1) is 0 Å². The number of anilines is 2. The third-order valence-electron chi connectivity index (χ3n) is 6.59. The van der Waals surface area contributed by atoms with Gasteiger partial charge in [0.2, 0.25) is 5.95 Å². The van der Waals surface area contributed by atoms with Crippen molar-refractivity contribution in [2.75, 3.05) is 30.4 Å². The molecule has 0 aliphatic carbocycles. The van der Waals surface area contributed by atoms with E-state index in [-0.39, 0.29) is 11.7 Å². The maximum absolute atomic E-state index is 13.5. The summed E-state index contributed by atoms with van der Waals surface area (Å²) in [6.07, 6.45) is 3.26. The second-order valence-electron chi connectivity index (χ2n) is 8.96. The van der Waals surface area contributed by atoms with Crippen LogP contribution in [0.15, 0.2) is 59.7 Å². The van der Waals surface area contributed by atoms with E-state index >= 15 is 0 Å². The Morgan fingerprint density at radius 2 is 2.00 bits per heavy atom. The second-order valence-corrected chi connectivity index (χ2v) is 8.96. The Hall–Kier alpha value is -4.40. The zero-order chi connectivity index (χ0) is 24.1. The Labute approximate surface area is 201 Å².